The third kappa shape index (κ3) is 5.42. The molecule has 6 aromatic carbocycles. The zero-order valence-corrected chi connectivity index (χ0v) is 30.1. The maximum atomic E-state index is 15.0. The van der Waals surface area contributed by atoms with Crippen LogP contribution in [0, 0.1) is 6.92 Å². The van der Waals surface area contributed by atoms with Gasteiger partial charge in [0, 0.05) is 27.2 Å². The number of nitrogens with zero attached hydrogens (tertiary/aromatic N) is 2. The van der Waals surface area contributed by atoms with Crippen LogP contribution in [0.2, 0.25) is 0 Å². The third-order valence-corrected chi connectivity index (χ3v) is 10.4. The molecule has 0 amide bonds. The first-order valence-corrected chi connectivity index (χ1v) is 17.5. The molecule has 0 saturated heterocycles. The lowest BCUT2D eigenvalue weighted by Crippen LogP contribution is -2.12. The predicted octanol–water partition coefficient (Wildman–Crippen LogP) is 13.5. The summed E-state index contributed by atoms with van der Waals surface area (Å²) in [5.74, 6) is 0. The highest BCUT2D eigenvalue weighted by atomic mass is 19.4. The van der Waals surface area contributed by atoms with Crippen LogP contribution in [0.25, 0.3) is 66.1 Å². The average molecular weight is 679 g/mol. The molecule has 8 aromatic rings. The second-order valence-corrected chi connectivity index (χ2v) is 15.9. The maximum Gasteiger partial charge on any atom is 0.418 e. The van der Waals surface area contributed by atoms with Crippen molar-refractivity contribution < 1.29 is 13.2 Å². The van der Waals surface area contributed by atoms with Crippen molar-refractivity contribution in [2.45, 2.75) is 65.5 Å². The summed E-state index contributed by atoms with van der Waals surface area (Å²) in [6.07, 6.45) is -4.56. The van der Waals surface area contributed by atoms with Crippen LogP contribution in [0.5, 0.6) is 0 Å². The Kier molecular flexibility index (Phi) is 7.33. The molecule has 8 rings (SSSR count). The predicted molar refractivity (Wildman–Crippen MR) is 208 cm³/mol. The molecular weight excluding hydrogens is 638 g/mol. The van der Waals surface area contributed by atoms with Gasteiger partial charge in [-0.1, -0.05) is 108 Å². The summed E-state index contributed by atoms with van der Waals surface area (Å²) in [6, 6.07) is 39.9. The third-order valence-electron chi connectivity index (χ3n) is 10.4. The summed E-state index contributed by atoms with van der Waals surface area (Å²) in [5.41, 5.74) is 8.77. The molecule has 51 heavy (non-hydrogen) atoms. The number of para-hydroxylation sites is 2. The monoisotopic (exact) mass is 678 g/mol. The number of halogens is 3. The van der Waals surface area contributed by atoms with Crippen molar-refractivity contribution in [3.05, 3.63) is 144 Å². The van der Waals surface area contributed by atoms with Crippen LogP contribution < -0.4 is 0 Å². The van der Waals surface area contributed by atoms with E-state index >= 15 is 0 Å². The first-order chi connectivity index (χ1) is 24.1. The molecule has 0 unspecified atom stereocenters. The Morgan fingerprint density at radius 3 is 1.35 bits per heavy atom. The van der Waals surface area contributed by atoms with E-state index in [1.807, 2.05) is 34.9 Å². The van der Waals surface area contributed by atoms with Gasteiger partial charge in [-0.25, -0.2) is 0 Å². The lowest BCUT2D eigenvalue weighted by molar-refractivity contribution is -0.137. The van der Waals surface area contributed by atoms with Crippen molar-refractivity contribution in [3.63, 3.8) is 0 Å². The Bertz CT molecular complexity index is 2530. The van der Waals surface area contributed by atoms with E-state index in [0.717, 1.165) is 71.6 Å². The van der Waals surface area contributed by atoms with E-state index in [1.54, 1.807) is 12.1 Å². The standard InChI is InChI=1S/C46H41F3N2/c1-28-16-17-29(24-42(28)50-38-14-10-8-12-33(38)34-13-9-11-15-39(34)50)30-18-21-37(46(47,48)49)43(25-30)51-40-22-19-31(44(2,3)4)26-35(40)36-27-32(45(5,6)7)20-23-41(36)51/h8-27H,1-7H3. The molecule has 0 aliphatic rings. The molecule has 5 heteroatoms. The van der Waals surface area contributed by atoms with Gasteiger partial charge in [0.2, 0.25) is 0 Å². The fraction of sp³-hybridized carbons (Fsp3) is 0.217. The second kappa shape index (κ2) is 11.4. The fourth-order valence-electron chi connectivity index (χ4n) is 7.56. The zero-order chi connectivity index (χ0) is 36.0. The Balaban J connectivity index is 1.39. The average Bonchev–Trinajstić information content (AvgIpc) is 3.59. The molecule has 256 valence electrons. The van der Waals surface area contributed by atoms with Crippen molar-refractivity contribution in [2.75, 3.05) is 0 Å². The normalized spacial score (nSPS) is 12.9. The van der Waals surface area contributed by atoms with Crippen molar-refractivity contribution in [3.8, 4) is 22.5 Å². The summed E-state index contributed by atoms with van der Waals surface area (Å²) in [4.78, 5) is 0. The van der Waals surface area contributed by atoms with Crippen molar-refractivity contribution in [1.29, 1.82) is 0 Å². The molecule has 2 nitrogen and oxygen atoms in total. The number of aromatic nitrogens is 2. The van der Waals surface area contributed by atoms with Crippen molar-refractivity contribution in [1.82, 2.24) is 9.13 Å². The Morgan fingerprint density at radius 2 is 0.863 bits per heavy atom. The molecule has 0 fully saturated rings. The highest BCUT2D eigenvalue weighted by Gasteiger charge is 2.35. The summed E-state index contributed by atoms with van der Waals surface area (Å²) >= 11 is 0. The first kappa shape index (κ1) is 32.9. The maximum absolute atomic E-state index is 15.0. The topological polar surface area (TPSA) is 9.86 Å². The summed E-state index contributed by atoms with van der Waals surface area (Å²) in [6.45, 7) is 15.0. The van der Waals surface area contributed by atoms with Gasteiger partial charge in [0.05, 0.1) is 33.3 Å². The SMILES string of the molecule is Cc1ccc(-c2ccc(C(F)(F)F)c(-n3c4ccc(C(C)(C)C)cc4c4cc(C(C)(C)C)ccc43)c2)cc1-n1c2ccccc2c2ccccc21. The smallest absolute Gasteiger partial charge is 0.309 e. The first-order valence-electron chi connectivity index (χ1n) is 17.5. The van der Waals surface area contributed by atoms with Crippen LogP contribution in [0.1, 0.15) is 63.8 Å². The summed E-state index contributed by atoms with van der Waals surface area (Å²) in [7, 11) is 0. The van der Waals surface area contributed by atoms with Gasteiger partial charge in [-0.3, -0.25) is 0 Å². The largest absolute Gasteiger partial charge is 0.418 e. The van der Waals surface area contributed by atoms with Crippen LogP contribution in [0.3, 0.4) is 0 Å². The molecule has 2 heterocycles. The van der Waals surface area contributed by atoms with Gasteiger partial charge in [-0.15, -0.1) is 0 Å². The number of benzene rings is 6. The summed E-state index contributed by atoms with van der Waals surface area (Å²) < 4.78 is 49.1. The van der Waals surface area contributed by atoms with Crippen LogP contribution in [0.15, 0.2) is 121 Å². The van der Waals surface area contributed by atoms with Crippen LogP contribution in [-0.2, 0) is 17.0 Å². The zero-order valence-electron chi connectivity index (χ0n) is 30.1. The molecule has 0 radical (unpaired) electrons. The summed E-state index contributed by atoms with van der Waals surface area (Å²) in [5, 5.41) is 4.22. The minimum Gasteiger partial charge on any atom is -0.309 e. The number of aryl methyl sites for hydroxylation is 1. The van der Waals surface area contributed by atoms with E-state index in [1.165, 1.54) is 6.07 Å². The van der Waals surface area contributed by atoms with Gasteiger partial charge >= 0.3 is 6.18 Å². The number of hydrogen-bond donors (Lipinski definition) is 0. The highest BCUT2D eigenvalue weighted by molar-refractivity contribution is 6.11. The van der Waals surface area contributed by atoms with Crippen LogP contribution in [0.4, 0.5) is 13.2 Å². The van der Waals surface area contributed by atoms with Crippen molar-refractivity contribution in [2.24, 2.45) is 0 Å². The van der Waals surface area contributed by atoms with Crippen LogP contribution in [-0.4, -0.2) is 9.13 Å². The van der Waals surface area contributed by atoms with Gasteiger partial charge in [0.25, 0.3) is 0 Å². The molecule has 0 N–H and O–H groups in total. The number of hydrogen-bond acceptors (Lipinski definition) is 0. The molecule has 0 spiro atoms. The molecular formula is C46H41F3N2. The molecule has 0 bridgehead atoms. The van der Waals surface area contributed by atoms with Gasteiger partial charge < -0.3 is 9.13 Å². The lowest BCUT2D eigenvalue weighted by Gasteiger charge is -2.20. The molecule has 0 atom stereocenters. The highest BCUT2D eigenvalue weighted by Crippen LogP contribution is 2.43. The number of alkyl halides is 3. The van der Waals surface area contributed by atoms with E-state index in [9.17, 15) is 13.2 Å². The molecule has 0 saturated carbocycles. The van der Waals surface area contributed by atoms with Gasteiger partial charge in [-0.2, -0.15) is 13.2 Å². The minimum atomic E-state index is -4.56. The van der Waals surface area contributed by atoms with Gasteiger partial charge in [0.1, 0.15) is 0 Å². The quantitative estimate of drug-likeness (QED) is 0.176. The van der Waals surface area contributed by atoms with E-state index in [0.29, 0.717) is 5.56 Å². The Hall–Kier alpha value is -5.29. The minimum absolute atomic E-state index is 0.117. The van der Waals surface area contributed by atoms with Gasteiger partial charge in [-0.05, 0) is 100 Å². The second-order valence-electron chi connectivity index (χ2n) is 15.9. The van der Waals surface area contributed by atoms with E-state index in [4.69, 9.17) is 0 Å². The van der Waals surface area contributed by atoms with Gasteiger partial charge in [0.15, 0.2) is 0 Å². The van der Waals surface area contributed by atoms with Crippen LogP contribution >= 0.6 is 0 Å². The molecule has 0 aliphatic heterocycles. The van der Waals surface area contributed by atoms with E-state index < -0.39 is 11.7 Å². The van der Waals surface area contributed by atoms with E-state index in [2.05, 4.69) is 126 Å². The number of rotatable bonds is 3. The van der Waals surface area contributed by atoms with Crippen molar-refractivity contribution >= 4 is 43.6 Å². The molecule has 2 aromatic heterocycles. The fourth-order valence-corrected chi connectivity index (χ4v) is 7.56. The molecule has 0 aliphatic carbocycles. The number of fused-ring (bicyclic) bond motifs is 6. The van der Waals surface area contributed by atoms with E-state index in [-0.39, 0.29) is 16.5 Å². The Morgan fingerprint density at radius 1 is 0.431 bits per heavy atom. The lowest BCUT2D eigenvalue weighted by atomic mass is 9.85. The Labute approximate surface area is 296 Å².